The number of ether oxygens (including phenoxy) is 4. The maximum absolute atomic E-state index is 14.7. The number of likely N-dealkylation sites (N-methyl/N-ethyl adjacent to an activating group) is 1. The van der Waals surface area contributed by atoms with Crippen molar-refractivity contribution in [1.82, 2.24) is 10.2 Å². The number of nitrogens with zero attached hydrogens (tertiary/aromatic N) is 2. The Morgan fingerprint density at radius 2 is 1.33 bits per heavy atom. The zero-order chi connectivity index (χ0) is 34.7. The molecule has 0 unspecified atom stereocenters. The van der Waals surface area contributed by atoms with Crippen LogP contribution in [0.1, 0.15) is 18.1 Å². The summed E-state index contributed by atoms with van der Waals surface area (Å²) in [5.41, 5.74) is 1.67. The van der Waals surface area contributed by atoms with E-state index in [1.54, 1.807) is 19.1 Å². The molecule has 0 aliphatic heterocycles. The second kappa shape index (κ2) is 16.6. The summed E-state index contributed by atoms with van der Waals surface area (Å²) >= 11 is 0. The number of sulfonamides is 1. The van der Waals surface area contributed by atoms with E-state index in [1.807, 2.05) is 60.7 Å². The summed E-state index contributed by atoms with van der Waals surface area (Å²) in [4.78, 5) is 29.6. The van der Waals surface area contributed by atoms with Crippen LogP contribution in [0.15, 0.2) is 102 Å². The van der Waals surface area contributed by atoms with Crippen molar-refractivity contribution in [2.45, 2.75) is 30.8 Å². The second-order valence-electron chi connectivity index (χ2n) is 10.7. The van der Waals surface area contributed by atoms with E-state index in [9.17, 15) is 18.0 Å². The maximum atomic E-state index is 14.7. The summed E-state index contributed by atoms with van der Waals surface area (Å²) in [5.74, 6) is 0.0759. The minimum absolute atomic E-state index is 0.0494. The summed E-state index contributed by atoms with van der Waals surface area (Å²) in [6, 6.07) is 26.5. The van der Waals surface area contributed by atoms with Gasteiger partial charge in [-0.15, -0.1) is 0 Å². The fourth-order valence-corrected chi connectivity index (χ4v) is 6.67. The van der Waals surface area contributed by atoms with Gasteiger partial charge in [-0.1, -0.05) is 60.7 Å². The van der Waals surface area contributed by atoms with E-state index in [0.717, 1.165) is 15.4 Å². The number of carbonyl (C=O) groups excluding carboxylic acids is 2. The molecule has 0 spiro atoms. The van der Waals surface area contributed by atoms with Crippen LogP contribution in [0.5, 0.6) is 23.0 Å². The third kappa shape index (κ3) is 8.37. The van der Waals surface area contributed by atoms with Gasteiger partial charge in [0.05, 0.1) is 39.0 Å². The van der Waals surface area contributed by atoms with Crippen LogP contribution in [0.2, 0.25) is 0 Å². The molecule has 0 aliphatic carbocycles. The standard InChI is InChI=1S/C36H41N3O8S/c1-6-37-36(41)31(21-26-13-9-7-10-14-26)38(24-27-15-11-8-12-16-27)35(40)25-39(30-22-28(44-2)17-19-32(30)45-3)48(42,43)29-18-20-33(46-4)34(23-29)47-5/h7-20,22-23,31H,6,21,24-25H2,1-5H3,(H,37,41)/t31-/m0/s1. The van der Waals surface area contributed by atoms with Crippen molar-refractivity contribution in [2.75, 3.05) is 45.8 Å². The topological polar surface area (TPSA) is 124 Å². The van der Waals surface area contributed by atoms with E-state index < -0.39 is 28.5 Å². The van der Waals surface area contributed by atoms with Gasteiger partial charge in [0.1, 0.15) is 24.1 Å². The quantitative estimate of drug-likeness (QED) is 0.182. The van der Waals surface area contributed by atoms with Gasteiger partial charge in [-0.3, -0.25) is 13.9 Å². The number of hydrogen-bond donors (Lipinski definition) is 1. The van der Waals surface area contributed by atoms with Crippen LogP contribution in [-0.2, 0) is 32.6 Å². The van der Waals surface area contributed by atoms with Crippen LogP contribution in [-0.4, -0.2) is 72.7 Å². The van der Waals surface area contributed by atoms with Gasteiger partial charge < -0.3 is 29.2 Å². The van der Waals surface area contributed by atoms with Gasteiger partial charge in [-0.25, -0.2) is 8.42 Å². The Balaban J connectivity index is 1.88. The lowest BCUT2D eigenvalue weighted by Crippen LogP contribution is -2.53. The van der Waals surface area contributed by atoms with Gasteiger partial charge >= 0.3 is 0 Å². The van der Waals surface area contributed by atoms with Gasteiger partial charge in [-0.05, 0) is 42.3 Å². The smallest absolute Gasteiger partial charge is 0.265 e. The van der Waals surface area contributed by atoms with E-state index in [2.05, 4.69) is 5.32 Å². The van der Waals surface area contributed by atoms with Crippen LogP contribution >= 0.6 is 0 Å². The van der Waals surface area contributed by atoms with Crippen LogP contribution in [0, 0.1) is 0 Å². The van der Waals surface area contributed by atoms with Crippen molar-refractivity contribution >= 4 is 27.5 Å². The minimum atomic E-state index is -4.47. The molecule has 0 bridgehead atoms. The summed E-state index contributed by atoms with van der Waals surface area (Å²) < 4.78 is 51.8. The molecule has 0 saturated heterocycles. The monoisotopic (exact) mass is 675 g/mol. The molecule has 254 valence electrons. The highest BCUT2D eigenvalue weighted by Crippen LogP contribution is 2.38. The molecule has 0 aliphatic rings. The number of benzene rings is 4. The molecule has 0 radical (unpaired) electrons. The molecule has 11 nitrogen and oxygen atoms in total. The lowest BCUT2D eigenvalue weighted by atomic mass is 10.0. The van der Waals surface area contributed by atoms with Gasteiger partial charge in [0.25, 0.3) is 10.0 Å². The molecule has 4 aromatic carbocycles. The van der Waals surface area contributed by atoms with E-state index >= 15 is 0 Å². The largest absolute Gasteiger partial charge is 0.497 e. The Hall–Kier alpha value is -5.23. The van der Waals surface area contributed by atoms with Gasteiger partial charge in [0.15, 0.2) is 11.5 Å². The first-order valence-electron chi connectivity index (χ1n) is 15.3. The zero-order valence-corrected chi connectivity index (χ0v) is 28.5. The summed E-state index contributed by atoms with van der Waals surface area (Å²) in [7, 11) is 1.23. The number of hydrogen-bond acceptors (Lipinski definition) is 8. The van der Waals surface area contributed by atoms with Crippen molar-refractivity contribution in [1.29, 1.82) is 0 Å². The number of rotatable bonds is 16. The fraction of sp³-hybridized carbons (Fsp3) is 0.278. The van der Waals surface area contributed by atoms with E-state index in [4.69, 9.17) is 18.9 Å². The van der Waals surface area contributed by atoms with E-state index in [1.165, 1.54) is 57.6 Å². The van der Waals surface area contributed by atoms with Crippen LogP contribution in [0.25, 0.3) is 0 Å². The number of anilines is 1. The molecule has 2 amide bonds. The molecule has 0 aromatic heterocycles. The Labute approximate surface area is 282 Å². The summed E-state index contributed by atoms with van der Waals surface area (Å²) in [6.45, 7) is 1.52. The second-order valence-corrected chi connectivity index (χ2v) is 12.5. The van der Waals surface area contributed by atoms with E-state index in [-0.39, 0.29) is 41.0 Å². The Morgan fingerprint density at radius 3 is 1.92 bits per heavy atom. The number of amides is 2. The minimum Gasteiger partial charge on any atom is -0.497 e. The molecular formula is C36H41N3O8S. The molecular weight excluding hydrogens is 634 g/mol. The van der Waals surface area contributed by atoms with Crippen molar-refractivity contribution < 1.29 is 37.0 Å². The highest BCUT2D eigenvalue weighted by Gasteiger charge is 2.36. The van der Waals surface area contributed by atoms with Gasteiger partial charge in [0.2, 0.25) is 11.8 Å². The lowest BCUT2D eigenvalue weighted by molar-refractivity contribution is -0.140. The Bertz CT molecular complexity index is 1790. The van der Waals surface area contributed by atoms with E-state index in [0.29, 0.717) is 18.0 Å². The molecule has 0 fully saturated rings. The van der Waals surface area contributed by atoms with Crippen molar-refractivity contribution in [3.05, 3.63) is 108 Å². The zero-order valence-electron chi connectivity index (χ0n) is 27.7. The molecule has 48 heavy (non-hydrogen) atoms. The predicted octanol–water partition coefficient (Wildman–Crippen LogP) is 4.69. The van der Waals surface area contributed by atoms with Crippen LogP contribution < -0.4 is 28.6 Å². The van der Waals surface area contributed by atoms with Gasteiger partial charge in [0, 0.05) is 31.6 Å². The third-order valence-electron chi connectivity index (χ3n) is 7.69. The maximum Gasteiger partial charge on any atom is 0.265 e. The summed E-state index contributed by atoms with van der Waals surface area (Å²) in [6.07, 6.45) is 0.205. The lowest BCUT2D eigenvalue weighted by Gasteiger charge is -2.34. The molecule has 0 heterocycles. The SMILES string of the molecule is CCNC(=O)[C@H](Cc1ccccc1)N(Cc1ccccc1)C(=O)CN(c1cc(OC)ccc1OC)S(=O)(=O)c1ccc(OC)c(OC)c1. The van der Waals surface area contributed by atoms with Gasteiger partial charge in [-0.2, -0.15) is 0 Å². The van der Waals surface area contributed by atoms with Crippen molar-refractivity contribution in [3.63, 3.8) is 0 Å². The normalized spacial score (nSPS) is 11.6. The molecule has 12 heteroatoms. The predicted molar refractivity (Wildman–Crippen MR) is 183 cm³/mol. The highest BCUT2D eigenvalue weighted by molar-refractivity contribution is 7.92. The average Bonchev–Trinajstić information content (AvgIpc) is 3.12. The number of methoxy groups -OCH3 is 4. The number of nitrogens with one attached hydrogen (secondary N) is 1. The molecule has 1 N–H and O–H groups in total. The number of carbonyl (C=O) groups is 2. The average molecular weight is 676 g/mol. The molecule has 0 saturated carbocycles. The third-order valence-corrected chi connectivity index (χ3v) is 9.45. The molecule has 1 atom stereocenters. The van der Waals surface area contributed by atoms with Crippen LogP contribution in [0.3, 0.4) is 0 Å². The van der Waals surface area contributed by atoms with Crippen LogP contribution in [0.4, 0.5) is 5.69 Å². The van der Waals surface area contributed by atoms with Crippen molar-refractivity contribution in [2.24, 2.45) is 0 Å². The Morgan fingerprint density at radius 1 is 0.729 bits per heavy atom. The molecule has 4 rings (SSSR count). The van der Waals surface area contributed by atoms with Crippen molar-refractivity contribution in [3.8, 4) is 23.0 Å². The first-order valence-corrected chi connectivity index (χ1v) is 16.7. The Kier molecular flexibility index (Phi) is 12.3. The summed E-state index contributed by atoms with van der Waals surface area (Å²) in [5, 5.41) is 2.86. The molecule has 4 aromatic rings. The highest BCUT2D eigenvalue weighted by atomic mass is 32.2. The first-order chi connectivity index (χ1) is 23.2. The first kappa shape index (κ1) is 35.6. The fourth-order valence-electron chi connectivity index (χ4n) is 5.24.